The molecule has 0 aromatic heterocycles. The van der Waals surface area contributed by atoms with Gasteiger partial charge in [0.15, 0.2) is 12.4 Å². The zero-order valence-electron chi connectivity index (χ0n) is 69.7. The van der Waals surface area contributed by atoms with Crippen LogP contribution in [0.1, 0.15) is 476 Å². The van der Waals surface area contributed by atoms with Gasteiger partial charge < -0.3 is 33.3 Å². The smallest absolute Gasteiger partial charge is 0.306 e. The first kappa shape index (κ1) is 100. The van der Waals surface area contributed by atoms with Crippen LogP contribution in [0.25, 0.3) is 0 Å². The number of carboxylic acids is 1. The Morgan fingerprint density at radius 1 is 0.291 bits per heavy atom. The van der Waals surface area contributed by atoms with Crippen molar-refractivity contribution < 1.29 is 42.9 Å². The Morgan fingerprint density at radius 3 is 0.767 bits per heavy atom. The average molecular weight is 1450 g/mol. The monoisotopic (exact) mass is 1450 g/mol. The summed E-state index contributed by atoms with van der Waals surface area (Å²) in [6.07, 6.45) is 110. The van der Waals surface area contributed by atoms with Crippen LogP contribution in [0.15, 0.2) is 48.6 Å². The molecule has 0 bridgehead atoms. The van der Waals surface area contributed by atoms with Gasteiger partial charge in [0.1, 0.15) is 13.2 Å². The third-order valence-corrected chi connectivity index (χ3v) is 21.0. The molecule has 0 amide bonds. The molecule has 9 nitrogen and oxygen atoms in total. The third kappa shape index (κ3) is 86.4. The highest BCUT2D eigenvalue weighted by Crippen LogP contribution is 2.21. The zero-order chi connectivity index (χ0) is 74.6. The molecule has 0 aliphatic heterocycles. The van der Waals surface area contributed by atoms with Crippen LogP contribution in [-0.4, -0.2) is 82.3 Å². The Bertz CT molecular complexity index is 1840. The van der Waals surface area contributed by atoms with Crippen molar-refractivity contribution in [3.63, 3.8) is 0 Å². The van der Waals surface area contributed by atoms with Crippen molar-refractivity contribution in [3.05, 3.63) is 48.6 Å². The summed E-state index contributed by atoms with van der Waals surface area (Å²) >= 11 is 0. The summed E-state index contributed by atoms with van der Waals surface area (Å²) < 4.78 is 22.9. The van der Waals surface area contributed by atoms with Gasteiger partial charge in [0.25, 0.3) is 0 Å². The lowest BCUT2D eigenvalue weighted by atomic mass is 10.0. The molecule has 2 unspecified atom stereocenters. The van der Waals surface area contributed by atoms with Crippen molar-refractivity contribution >= 4 is 17.9 Å². The third-order valence-electron chi connectivity index (χ3n) is 21.0. The Hall–Kier alpha value is -2.75. The predicted octanol–water partition coefficient (Wildman–Crippen LogP) is 28.6. The fraction of sp³-hybridized carbons (Fsp3) is 0.883. The van der Waals surface area contributed by atoms with Crippen LogP contribution in [0.2, 0.25) is 0 Å². The molecule has 2 atom stereocenters. The number of ether oxygens (including phenoxy) is 4. The molecule has 0 spiro atoms. The first-order chi connectivity index (χ1) is 50.6. The summed E-state index contributed by atoms with van der Waals surface area (Å²) in [6, 6.07) is 0. The Balaban J connectivity index is 3.88. The van der Waals surface area contributed by atoms with Gasteiger partial charge in [-0.05, 0) is 77.0 Å². The van der Waals surface area contributed by atoms with Crippen LogP contribution < -0.4 is 5.11 Å². The van der Waals surface area contributed by atoms with Gasteiger partial charge >= 0.3 is 11.9 Å². The fourth-order valence-corrected chi connectivity index (χ4v) is 14.1. The van der Waals surface area contributed by atoms with Crippen molar-refractivity contribution in [2.24, 2.45) is 0 Å². The van der Waals surface area contributed by atoms with E-state index in [1.165, 1.54) is 398 Å². The molecule has 0 aromatic carbocycles. The van der Waals surface area contributed by atoms with Gasteiger partial charge in [0.2, 0.25) is 0 Å². The number of nitrogens with zero attached hydrogens (tertiary/aromatic N) is 1. The standard InChI is InChI=1S/C94H177NO8/c1-6-8-10-12-14-16-18-20-22-24-26-28-30-32-34-36-38-40-42-44-45-46-47-49-51-53-55-57-59-61-63-65-67-69-71-73-75-77-79-81-83-85-92(97)103-90(89-102-94(93(98)99)100-87-86-95(3,4)5)88-101-91(96)84-82-80-78-76-74-72-70-68-66-64-62-60-58-56-54-52-50-48-43-41-39-37-35-33-31-29-27-25-23-21-19-17-15-13-11-9-7-2/h18-21,24-27,90,94H,6-17,22-23,28-89H2,1-5H3/b20-18-,21-19-,26-24-,27-25-. The first-order valence-electron chi connectivity index (χ1n) is 45.8. The lowest BCUT2D eigenvalue weighted by molar-refractivity contribution is -0.870. The number of carboxylic acid groups (broad SMARTS) is 1. The largest absolute Gasteiger partial charge is 0.545 e. The molecule has 0 saturated carbocycles. The van der Waals surface area contributed by atoms with Gasteiger partial charge in [-0.25, -0.2) is 0 Å². The zero-order valence-corrected chi connectivity index (χ0v) is 69.7. The summed E-state index contributed by atoms with van der Waals surface area (Å²) in [6.45, 7) is 4.81. The predicted molar refractivity (Wildman–Crippen MR) is 445 cm³/mol. The molecule has 103 heavy (non-hydrogen) atoms. The topological polar surface area (TPSA) is 111 Å². The molecular weight excluding hydrogens is 1270 g/mol. The summed E-state index contributed by atoms with van der Waals surface area (Å²) in [5, 5.41) is 11.9. The lowest BCUT2D eigenvalue weighted by Crippen LogP contribution is -2.44. The van der Waals surface area contributed by atoms with Crippen LogP contribution in [-0.2, 0) is 33.3 Å². The molecule has 0 aliphatic rings. The quantitative estimate of drug-likeness (QED) is 0.0195. The molecule has 0 N–H and O–H groups in total. The van der Waals surface area contributed by atoms with Gasteiger partial charge in [0.05, 0.1) is 40.3 Å². The second-order valence-electron chi connectivity index (χ2n) is 32.6. The minimum Gasteiger partial charge on any atom is -0.545 e. The number of quaternary nitrogens is 1. The van der Waals surface area contributed by atoms with Crippen molar-refractivity contribution in [2.45, 2.75) is 489 Å². The van der Waals surface area contributed by atoms with Crippen molar-refractivity contribution in [1.29, 1.82) is 0 Å². The first-order valence-corrected chi connectivity index (χ1v) is 45.8. The summed E-state index contributed by atoms with van der Waals surface area (Å²) in [7, 11) is 5.96. The second kappa shape index (κ2) is 84.9. The Labute approximate surface area is 642 Å². The normalized spacial score (nSPS) is 12.7. The van der Waals surface area contributed by atoms with Crippen molar-refractivity contribution in [2.75, 3.05) is 47.5 Å². The number of likely N-dealkylation sites (N-methyl/N-ethyl adjacent to an activating group) is 1. The van der Waals surface area contributed by atoms with Crippen molar-refractivity contribution in [1.82, 2.24) is 0 Å². The maximum Gasteiger partial charge on any atom is 0.306 e. The number of aliphatic carboxylic acids is 1. The van der Waals surface area contributed by atoms with Crippen LogP contribution >= 0.6 is 0 Å². The van der Waals surface area contributed by atoms with Crippen LogP contribution in [0.5, 0.6) is 0 Å². The fourth-order valence-electron chi connectivity index (χ4n) is 14.1. The van der Waals surface area contributed by atoms with E-state index in [-0.39, 0.29) is 32.2 Å². The lowest BCUT2D eigenvalue weighted by Gasteiger charge is -2.26. The van der Waals surface area contributed by atoms with Crippen LogP contribution in [0.3, 0.4) is 0 Å². The van der Waals surface area contributed by atoms with E-state index in [9.17, 15) is 19.5 Å². The van der Waals surface area contributed by atoms with E-state index in [1.807, 2.05) is 21.1 Å². The molecule has 0 fully saturated rings. The van der Waals surface area contributed by atoms with Gasteiger partial charge in [0, 0.05) is 12.8 Å². The minimum absolute atomic E-state index is 0.151. The van der Waals surface area contributed by atoms with E-state index in [0.717, 1.165) is 51.4 Å². The number of hydrogen-bond donors (Lipinski definition) is 0. The van der Waals surface area contributed by atoms with E-state index in [1.54, 1.807) is 0 Å². The number of rotatable bonds is 87. The molecule has 0 radical (unpaired) electrons. The van der Waals surface area contributed by atoms with Crippen molar-refractivity contribution in [3.8, 4) is 0 Å². The number of carbonyl (C=O) groups excluding carboxylic acids is 3. The Kier molecular flexibility index (Phi) is 82.6. The van der Waals surface area contributed by atoms with Crippen LogP contribution in [0.4, 0.5) is 0 Å². The second-order valence-corrected chi connectivity index (χ2v) is 32.6. The van der Waals surface area contributed by atoms with Gasteiger partial charge in [-0.3, -0.25) is 9.59 Å². The van der Waals surface area contributed by atoms with E-state index in [4.69, 9.17) is 18.9 Å². The summed E-state index contributed by atoms with van der Waals surface area (Å²) in [5.74, 6) is -2.24. The molecule has 0 aliphatic carbocycles. The number of hydrogen-bond acceptors (Lipinski definition) is 8. The maximum atomic E-state index is 13.0. The summed E-state index contributed by atoms with van der Waals surface area (Å²) in [5.41, 5.74) is 0. The molecule has 0 aromatic rings. The van der Waals surface area contributed by atoms with E-state index in [0.29, 0.717) is 17.4 Å². The van der Waals surface area contributed by atoms with Gasteiger partial charge in [-0.15, -0.1) is 0 Å². The summed E-state index contributed by atoms with van der Waals surface area (Å²) in [4.78, 5) is 37.7. The highest BCUT2D eigenvalue weighted by Gasteiger charge is 2.22. The highest BCUT2D eigenvalue weighted by atomic mass is 16.7. The Morgan fingerprint density at radius 2 is 0.524 bits per heavy atom. The number of allylic oxidation sites excluding steroid dienone is 8. The SMILES string of the molecule is CCCCCCC/C=C\C/C=C\CCCCCCCCCCCCCCCCCCCCCCCCCCCCCCCC(=O)OC(COC(=O)CCCCCCCCCCCCCCCCCCCCCCCCCCC/C=C\C/C=C\CCCCCCC)COC(OCC[N+](C)(C)C)C(=O)[O-]. The average Bonchev–Trinajstić information content (AvgIpc) is 1.01. The number of unbranched alkanes of at least 4 members (excludes halogenated alkanes) is 64. The van der Waals surface area contributed by atoms with Gasteiger partial charge in [-0.1, -0.05) is 435 Å². The van der Waals surface area contributed by atoms with Gasteiger partial charge in [-0.2, -0.15) is 0 Å². The van der Waals surface area contributed by atoms with E-state index < -0.39 is 24.3 Å². The molecule has 0 heterocycles. The number of esters is 2. The minimum atomic E-state index is -1.62. The maximum absolute atomic E-state index is 13.0. The van der Waals surface area contributed by atoms with E-state index >= 15 is 0 Å². The molecule has 9 heteroatoms. The number of carbonyl (C=O) groups is 3. The molecule has 606 valence electrons. The highest BCUT2D eigenvalue weighted by molar-refractivity contribution is 5.70. The molecule has 0 rings (SSSR count). The van der Waals surface area contributed by atoms with E-state index in [2.05, 4.69) is 62.5 Å². The van der Waals surface area contributed by atoms with Crippen LogP contribution in [0, 0.1) is 0 Å². The molecular formula is C94H177NO8. The molecule has 0 saturated heterocycles.